The highest BCUT2D eigenvalue weighted by Crippen LogP contribution is 2.37. The standard InChI is InChI=1S/C18H21N5O2S/c1-22(2)18(24)16-15(12-4-3-5-21-17(12)26-16)13-10-23(8-9-25-13)11-14-19-6-7-20-14/h3-7,13H,8-11H2,1-2H3,(H,19,20). The normalized spacial score (nSPS) is 18.3. The average Bonchev–Trinajstić information content (AvgIpc) is 3.28. The molecule has 0 aliphatic carbocycles. The molecule has 1 aliphatic heterocycles. The smallest absolute Gasteiger partial charge is 0.263 e. The molecule has 8 heteroatoms. The highest BCUT2D eigenvalue weighted by Gasteiger charge is 2.30. The molecule has 136 valence electrons. The van der Waals surface area contributed by atoms with E-state index < -0.39 is 0 Å². The number of amides is 1. The Labute approximate surface area is 155 Å². The molecule has 1 N–H and O–H groups in total. The summed E-state index contributed by atoms with van der Waals surface area (Å²) < 4.78 is 6.09. The van der Waals surface area contributed by atoms with Gasteiger partial charge in [0.05, 0.1) is 19.3 Å². The van der Waals surface area contributed by atoms with E-state index in [9.17, 15) is 4.79 Å². The Morgan fingerprint density at radius 2 is 2.31 bits per heavy atom. The van der Waals surface area contributed by atoms with Crippen molar-refractivity contribution in [1.29, 1.82) is 0 Å². The van der Waals surface area contributed by atoms with E-state index in [1.165, 1.54) is 11.3 Å². The van der Waals surface area contributed by atoms with E-state index in [2.05, 4.69) is 19.9 Å². The number of nitrogens with zero attached hydrogens (tertiary/aromatic N) is 4. The predicted molar refractivity (Wildman–Crippen MR) is 100 cm³/mol. The van der Waals surface area contributed by atoms with Gasteiger partial charge in [-0.05, 0) is 6.07 Å². The first-order valence-corrected chi connectivity index (χ1v) is 9.36. The number of hydrogen-bond acceptors (Lipinski definition) is 6. The number of rotatable bonds is 4. The molecule has 26 heavy (non-hydrogen) atoms. The van der Waals surface area contributed by atoms with Gasteiger partial charge in [0.2, 0.25) is 0 Å². The van der Waals surface area contributed by atoms with Gasteiger partial charge in [-0.3, -0.25) is 9.69 Å². The lowest BCUT2D eigenvalue weighted by molar-refractivity contribution is -0.0330. The van der Waals surface area contributed by atoms with E-state index in [0.717, 1.165) is 41.2 Å². The first-order valence-electron chi connectivity index (χ1n) is 8.54. The van der Waals surface area contributed by atoms with E-state index in [0.29, 0.717) is 11.5 Å². The lowest BCUT2D eigenvalue weighted by atomic mass is 10.0. The number of aromatic nitrogens is 3. The summed E-state index contributed by atoms with van der Waals surface area (Å²) in [5, 5.41) is 1.01. The summed E-state index contributed by atoms with van der Waals surface area (Å²) in [6, 6.07) is 3.93. The Morgan fingerprint density at radius 1 is 1.42 bits per heavy atom. The van der Waals surface area contributed by atoms with Gasteiger partial charge < -0.3 is 14.6 Å². The number of ether oxygens (including phenoxy) is 1. The summed E-state index contributed by atoms with van der Waals surface area (Å²) in [5.74, 6) is 0.932. The van der Waals surface area contributed by atoms with Crippen molar-refractivity contribution in [2.24, 2.45) is 0 Å². The van der Waals surface area contributed by atoms with Crippen LogP contribution in [0.4, 0.5) is 0 Å². The van der Waals surface area contributed by atoms with E-state index in [4.69, 9.17) is 4.74 Å². The van der Waals surface area contributed by atoms with Gasteiger partial charge in [-0.1, -0.05) is 6.07 Å². The van der Waals surface area contributed by atoms with E-state index in [-0.39, 0.29) is 12.0 Å². The number of pyridine rings is 1. The third-order valence-electron chi connectivity index (χ3n) is 4.51. The summed E-state index contributed by atoms with van der Waals surface area (Å²) in [5.41, 5.74) is 0.959. The lowest BCUT2D eigenvalue weighted by Crippen LogP contribution is -2.38. The molecule has 0 saturated carbocycles. The molecule has 1 amide bonds. The summed E-state index contributed by atoms with van der Waals surface area (Å²) >= 11 is 1.44. The number of fused-ring (bicyclic) bond motifs is 1. The minimum atomic E-state index is -0.157. The van der Waals surface area contributed by atoms with E-state index in [1.807, 2.05) is 18.3 Å². The van der Waals surface area contributed by atoms with Crippen LogP contribution in [-0.2, 0) is 11.3 Å². The van der Waals surface area contributed by atoms with Gasteiger partial charge in [0.15, 0.2) is 0 Å². The number of thiophene rings is 1. The first kappa shape index (κ1) is 17.1. The maximum absolute atomic E-state index is 12.7. The van der Waals surface area contributed by atoms with Gasteiger partial charge in [0, 0.05) is 56.7 Å². The Hall–Kier alpha value is -2.29. The van der Waals surface area contributed by atoms with Crippen LogP contribution in [0.1, 0.15) is 27.2 Å². The van der Waals surface area contributed by atoms with Crippen LogP contribution in [0.3, 0.4) is 0 Å². The molecule has 7 nitrogen and oxygen atoms in total. The highest BCUT2D eigenvalue weighted by molar-refractivity contribution is 7.20. The average molecular weight is 371 g/mol. The Kier molecular flexibility index (Phi) is 4.71. The van der Waals surface area contributed by atoms with Crippen LogP contribution < -0.4 is 0 Å². The van der Waals surface area contributed by atoms with Crippen LogP contribution in [0.15, 0.2) is 30.7 Å². The number of hydrogen-bond donors (Lipinski definition) is 1. The zero-order valence-electron chi connectivity index (χ0n) is 14.8. The maximum atomic E-state index is 12.7. The minimum absolute atomic E-state index is 0.00485. The largest absolute Gasteiger partial charge is 0.371 e. The lowest BCUT2D eigenvalue weighted by Gasteiger charge is -2.33. The number of carbonyl (C=O) groups excluding carboxylic acids is 1. The zero-order valence-corrected chi connectivity index (χ0v) is 15.6. The van der Waals surface area contributed by atoms with Crippen molar-refractivity contribution < 1.29 is 9.53 Å². The van der Waals surface area contributed by atoms with Gasteiger partial charge >= 0.3 is 0 Å². The molecule has 1 saturated heterocycles. The molecule has 1 fully saturated rings. The fraction of sp³-hybridized carbons (Fsp3) is 0.389. The molecule has 0 aromatic carbocycles. The molecule has 0 radical (unpaired) electrons. The number of carbonyl (C=O) groups is 1. The first-order chi connectivity index (χ1) is 12.6. The van der Waals surface area contributed by atoms with Crippen molar-refractivity contribution in [3.05, 3.63) is 47.0 Å². The second-order valence-corrected chi connectivity index (χ2v) is 7.53. The van der Waals surface area contributed by atoms with Gasteiger partial charge in [-0.2, -0.15) is 0 Å². The van der Waals surface area contributed by atoms with Crippen LogP contribution in [0, 0.1) is 0 Å². The maximum Gasteiger partial charge on any atom is 0.263 e. The van der Waals surface area contributed by atoms with Crippen LogP contribution in [0.25, 0.3) is 10.2 Å². The molecule has 1 aliphatic rings. The predicted octanol–water partition coefficient (Wildman–Crippen LogP) is 2.29. The summed E-state index contributed by atoms with van der Waals surface area (Å²) in [4.78, 5) is 30.1. The van der Waals surface area contributed by atoms with Crippen molar-refractivity contribution in [3.8, 4) is 0 Å². The second kappa shape index (κ2) is 7.14. The SMILES string of the molecule is CN(C)C(=O)c1sc2ncccc2c1C1CN(Cc2ncc[nH]2)CCO1. The number of aromatic amines is 1. The molecule has 0 bridgehead atoms. The second-order valence-electron chi connectivity index (χ2n) is 6.53. The molecule has 4 heterocycles. The van der Waals surface area contributed by atoms with Gasteiger partial charge in [0.1, 0.15) is 15.5 Å². The van der Waals surface area contributed by atoms with E-state index >= 15 is 0 Å². The number of morpholine rings is 1. The fourth-order valence-corrected chi connectivity index (χ4v) is 4.47. The third kappa shape index (κ3) is 3.23. The van der Waals surface area contributed by atoms with Crippen LogP contribution in [0.5, 0.6) is 0 Å². The molecule has 3 aromatic rings. The van der Waals surface area contributed by atoms with Gasteiger partial charge in [-0.25, -0.2) is 9.97 Å². The quantitative estimate of drug-likeness (QED) is 0.762. The molecule has 0 spiro atoms. The Morgan fingerprint density at radius 3 is 3.08 bits per heavy atom. The van der Waals surface area contributed by atoms with Gasteiger partial charge in [-0.15, -0.1) is 11.3 Å². The summed E-state index contributed by atoms with van der Waals surface area (Å²) in [7, 11) is 3.55. The van der Waals surface area contributed by atoms with Gasteiger partial charge in [0.25, 0.3) is 5.91 Å². The summed E-state index contributed by atoms with van der Waals surface area (Å²) in [6.45, 7) is 2.92. The van der Waals surface area contributed by atoms with Crippen molar-refractivity contribution in [2.45, 2.75) is 12.6 Å². The summed E-state index contributed by atoms with van der Waals surface area (Å²) in [6.07, 6.45) is 5.20. The monoisotopic (exact) mass is 371 g/mol. The number of H-pyrrole nitrogens is 1. The molecular formula is C18H21N5O2S. The Balaban J connectivity index is 1.68. The van der Waals surface area contributed by atoms with Crippen molar-refractivity contribution in [2.75, 3.05) is 33.8 Å². The minimum Gasteiger partial charge on any atom is -0.371 e. The third-order valence-corrected chi connectivity index (χ3v) is 5.62. The van der Waals surface area contributed by atoms with Crippen molar-refractivity contribution in [1.82, 2.24) is 24.8 Å². The van der Waals surface area contributed by atoms with Crippen LogP contribution >= 0.6 is 11.3 Å². The molecule has 1 unspecified atom stereocenters. The zero-order chi connectivity index (χ0) is 18.1. The van der Waals surface area contributed by atoms with Crippen LogP contribution in [0.2, 0.25) is 0 Å². The number of imidazole rings is 1. The molecule has 3 aromatic heterocycles. The van der Waals surface area contributed by atoms with Crippen LogP contribution in [-0.4, -0.2) is 64.5 Å². The molecular weight excluding hydrogens is 350 g/mol. The molecule has 4 rings (SSSR count). The highest BCUT2D eigenvalue weighted by atomic mass is 32.1. The topological polar surface area (TPSA) is 74.4 Å². The fourth-order valence-electron chi connectivity index (χ4n) is 3.25. The van der Waals surface area contributed by atoms with Crippen molar-refractivity contribution >= 4 is 27.5 Å². The Bertz CT molecular complexity index is 906. The van der Waals surface area contributed by atoms with Crippen molar-refractivity contribution in [3.63, 3.8) is 0 Å². The molecule has 1 atom stereocenters. The van der Waals surface area contributed by atoms with E-state index in [1.54, 1.807) is 31.4 Å². The number of nitrogens with one attached hydrogen (secondary N) is 1.